The van der Waals surface area contributed by atoms with Gasteiger partial charge in [0.25, 0.3) is 0 Å². The molecule has 0 unspecified atom stereocenters. The Morgan fingerprint density at radius 2 is 1.71 bits per heavy atom. The zero-order valence-electron chi connectivity index (χ0n) is 13.4. The molecule has 2 aromatic carbocycles. The number of rotatable bonds is 6. The number of sulfonamides is 1. The highest BCUT2D eigenvalue weighted by atomic mass is 32.2. The molecule has 1 aromatic heterocycles. The summed E-state index contributed by atoms with van der Waals surface area (Å²) in [4.78, 5) is 4.19. The van der Waals surface area contributed by atoms with Gasteiger partial charge in [0.2, 0.25) is 10.0 Å². The summed E-state index contributed by atoms with van der Waals surface area (Å²) >= 11 is 0. The van der Waals surface area contributed by atoms with E-state index in [0.717, 1.165) is 17.0 Å². The summed E-state index contributed by atoms with van der Waals surface area (Å²) in [6.07, 6.45) is 3.69. The Bertz CT molecular complexity index is 901. The predicted molar refractivity (Wildman–Crippen MR) is 95.2 cm³/mol. The van der Waals surface area contributed by atoms with Crippen LogP contribution in [0.2, 0.25) is 0 Å². The lowest BCUT2D eigenvalue weighted by Crippen LogP contribution is -2.15. The summed E-state index contributed by atoms with van der Waals surface area (Å²) in [6, 6.07) is 16.5. The third-order valence-corrected chi connectivity index (χ3v) is 4.96. The van der Waals surface area contributed by atoms with Crippen LogP contribution >= 0.6 is 0 Å². The highest BCUT2D eigenvalue weighted by Gasteiger charge is 2.11. The van der Waals surface area contributed by atoms with Crippen LogP contribution in [0.5, 0.6) is 0 Å². The molecule has 3 rings (SSSR count). The van der Waals surface area contributed by atoms with Crippen molar-refractivity contribution in [3.8, 4) is 0 Å². The first-order chi connectivity index (χ1) is 11.5. The van der Waals surface area contributed by atoms with Crippen molar-refractivity contribution in [2.45, 2.75) is 19.2 Å². The summed E-state index contributed by atoms with van der Waals surface area (Å²) in [7, 11) is -3.42. The minimum Gasteiger partial charge on any atom is -0.331 e. The van der Waals surface area contributed by atoms with Gasteiger partial charge in [-0.25, -0.2) is 13.4 Å². The Morgan fingerprint density at radius 1 is 1.00 bits per heavy atom. The van der Waals surface area contributed by atoms with E-state index in [9.17, 15) is 8.42 Å². The number of benzene rings is 2. The average molecular weight is 341 g/mol. The number of hydrogen-bond donors (Lipinski definition) is 1. The largest absolute Gasteiger partial charge is 0.331 e. The van der Waals surface area contributed by atoms with Gasteiger partial charge in [-0.3, -0.25) is 4.72 Å². The summed E-state index contributed by atoms with van der Waals surface area (Å²) in [5.41, 5.74) is 2.41. The van der Waals surface area contributed by atoms with E-state index in [-0.39, 0.29) is 5.75 Å². The van der Waals surface area contributed by atoms with Crippen LogP contribution in [0, 0.1) is 6.92 Å². The first-order valence-electron chi connectivity index (χ1n) is 7.63. The summed E-state index contributed by atoms with van der Waals surface area (Å²) in [5.74, 6) is 0.909. The maximum absolute atomic E-state index is 12.2. The maximum Gasteiger partial charge on any atom is 0.236 e. The van der Waals surface area contributed by atoms with E-state index in [4.69, 9.17) is 0 Å². The fourth-order valence-electron chi connectivity index (χ4n) is 2.46. The Kier molecular flexibility index (Phi) is 4.66. The molecule has 0 saturated carbocycles. The Hall–Kier alpha value is -2.60. The molecule has 0 aliphatic heterocycles. The van der Waals surface area contributed by atoms with E-state index >= 15 is 0 Å². The fourth-order valence-corrected chi connectivity index (χ4v) is 3.65. The number of nitrogens with one attached hydrogen (secondary N) is 1. The molecule has 0 bridgehead atoms. The molecule has 0 atom stereocenters. The van der Waals surface area contributed by atoms with Crippen LogP contribution in [-0.4, -0.2) is 18.0 Å². The number of hydrogen-bond acceptors (Lipinski definition) is 3. The monoisotopic (exact) mass is 341 g/mol. The van der Waals surface area contributed by atoms with Gasteiger partial charge in [0.15, 0.2) is 0 Å². The average Bonchev–Trinajstić information content (AvgIpc) is 2.94. The van der Waals surface area contributed by atoms with Crippen molar-refractivity contribution in [2.75, 3.05) is 4.72 Å². The predicted octanol–water partition coefficient (Wildman–Crippen LogP) is 3.18. The van der Waals surface area contributed by atoms with E-state index in [1.165, 1.54) is 0 Å². The van der Waals surface area contributed by atoms with Gasteiger partial charge in [-0.2, -0.15) is 0 Å². The normalized spacial score (nSPS) is 11.4. The molecule has 0 spiro atoms. The molecule has 0 saturated heterocycles. The van der Waals surface area contributed by atoms with E-state index in [1.807, 2.05) is 48.0 Å². The molecule has 1 heterocycles. The van der Waals surface area contributed by atoms with Crippen LogP contribution in [-0.2, 0) is 22.3 Å². The van der Waals surface area contributed by atoms with Gasteiger partial charge >= 0.3 is 0 Å². The van der Waals surface area contributed by atoms with Gasteiger partial charge in [0, 0.05) is 24.6 Å². The van der Waals surface area contributed by atoms with Gasteiger partial charge < -0.3 is 4.57 Å². The summed E-state index contributed by atoms with van der Waals surface area (Å²) in [5, 5.41) is 0. The minimum atomic E-state index is -3.42. The molecule has 3 aromatic rings. The quantitative estimate of drug-likeness (QED) is 0.749. The van der Waals surface area contributed by atoms with E-state index in [2.05, 4.69) is 9.71 Å². The topological polar surface area (TPSA) is 64.0 Å². The Morgan fingerprint density at radius 3 is 2.33 bits per heavy atom. The van der Waals surface area contributed by atoms with Crippen molar-refractivity contribution < 1.29 is 8.42 Å². The van der Waals surface area contributed by atoms with Gasteiger partial charge in [0.1, 0.15) is 5.82 Å². The lowest BCUT2D eigenvalue weighted by Gasteiger charge is -2.10. The number of anilines is 1. The van der Waals surface area contributed by atoms with Crippen molar-refractivity contribution in [3.05, 3.63) is 83.9 Å². The molecular formula is C18H19N3O2S. The molecule has 0 radical (unpaired) electrons. The zero-order chi connectivity index (χ0) is 17.0. The third-order valence-electron chi connectivity index (χ3n) is 3.70. The minimum absolute atomic E-state index is 0.0379. The molecule has 124 valence electrons. The third kappa shape index (κ3) is 4.23. The second-order valence-corrected chi connectivity index (χ2v) is 7.37. The molecule has 6 heteroatoms. The van der Waals surface area contributed by atoms with E-state index in [0.29, 0.717) is 12.2 Å². The van der Waals surface area contributed by atoms with Crippen LogP contribution in [0.1, 0.15) is 17.0 Å². The van der Waals surface area contributed by atoms with Crippen LogP contribution < -0.4 is 4.72 Å². The Balaban J connectivity index is 1.66. The van der Waals surface area contributed by atoms with Crippen LogP contribution in [0.3, 0.4) is 0 Å². The van der Waals surface area contributed by atoms with Gasteiger partial charge in [0.05, 0.1) is 5.75 Å². The summed E-state index contributed by atoms with van der Waals surface area (Å²) in [6.45, 7) is 2.66. The number of imidazole rings is 1. The van der Waals surface area contributed by atoms with Crippen molar-refractivity contribution >= 4 is 15.7 Å². The lowest BCUT2D eigenvalue weighted by atomic mass is 10.2. The highest BCUT2D eigenvalue weighted by molar-refractivity contribution is 7.91. The van der Waals surface area contributed by atoms with Crippen LogP contribution in [0.15, 0.2) is 67.0 Å². The molecule has 0 aliphatic rings. The highest BCUT2D eigenvalue weighted by Crippen LogP contribution is 2.15. The zero-order valence-corrected chi connectivity index (χ0v) is 14.2. The summed E-state index contributed by atoms with van der Waals surface area (Å²) < 4.78 is 29.1. The molecular weight excluding hydrogens is 322 g/mol. The Labute approximate surface area is 142 Å². The van der Waals surface area contributed by atoms with Crippen molar-refractivity contribution in [2.24, 2.45) is 0 Å². The SMILES string of the molecule is Cc1nccn1Cc1ccc(NS(=O)(=O)Cc2ccccc2)cc1. The molecule has 0 aliphatic carbocycles. The van der Waals surface area contributed by atoms with E-state index in [1.54, 1.807) is 30.5 Å². The molecule has 1 N–H and O–H groups in total. The van der Waals surface area contributed by atoms with Crippen molar-refractivity contribution in [1.82, 2.24) is 9.55 Å². The van der Waals surface area contributed by atoms with Gasteiger partial charge in [-0.15, -0.1) is 0 Å². The van der Waals surface area contributed by atoms with Gasteiger partial charge in [-0.1, -0.05) is 42.5 Å². The van der Waals surface area contributed by atoms with Gasteiger partial charge in [-0.05, 0) is 30.2 Å². The smallest absolute Gasteiger partial charge is 0.236 e. The molecule has 0 amide bonds. The molecule has 5 nitrogen and oxygen atoms in total. The van der Waals surface area contributed by atoms with Crippen molar-refractivity contribution in [3.63, 3.8) is 0 Å². The lowest BCUT2D eigenvalue weighted by molar-refractivity contribution is 0.600. The number of nitrogens with zero attached hydrogens (tertiary/aromatic N) is 2. The molecule has 24 heavy (non-hydrogen) atoms. The standard InChI is InChI=1S/C18H19N3O2S/c1-15-19-11-12-21(15)13-16-7-9-18(10-8-16)20-24(22,23)14-17-5-3-2-4-6-17/h2-12,20H,13-14H2,1H3. The van der Waals surface area contributed by atoms with Crippen LogP contribution in [0.25, 0.3) is 0 Å². The first-order valence-corrected chi connectivity index (χ1v) is 9.28. The second kappa shape index (κ2) is 6.88. The first kappa shape index (κ1) is 16.3. The second-order valence-electron chi connectivity index (χ2n) is 5.65. The van der Waals surface area contributed by atoms with Crippen LogP contribution in [0.4, 0.5) is 5.69 Å². The molecule has 0 fully saturated rings. The van der Waals surface area contributed by atoms with Crippen molar-refractivity contribution in [1.29, 1.82) is 0 Å². The maximum atomic E-state index is 12.2. The van der Waals surface area contributed by atoms with E-state index < -0.39 is 10.0 Å². The number of aryl methyl sites for hydroxylation is 1. The number of aromatic nitrogens is 2. The fraction of sp³-hybridized carbons (Fsp3) is 0.167.